The van der Waals surface area contributed by atoms with Gasteiger partial charge in [0.1, 0.15) is 18.1 Å². The Morgan fingerprint density at radius 3 is 2.53 bits per heavy atom. The van der Waals surface area contributed by atoms with Crippen molar-refractivity contribution in [2.24, 2.45) is 0 Å². The number of carbonyl (C=O) groups excluding carboxylic acids is 2. The number of aromatic nitrogens is 2. The second kappa shape index (κ2) is 11.2. The summed E-state index contributed by atoms with van der Waals surface area (Å²) >= 11 is 0. The topological polar surface area (TPSA) is 80.4 Å². The summed E-state index contributed by atoms with van der Waals surface area (Å²) in [6.07, 6.45) is 4.81. The van der Waals surface area contributed by atoms with E-state index in [-0.39, 0.29) is 30.3 Å². The lowest BCUT2D eigenvalue weighted by atomic mass is 9.92. The number of benzene rings is 1. The van der Waals surface area contributed by atoms with Crippen LogP contribution in [-0.2, 0) is 21.5 Å². The highest BCUT2D eigenvalue weighted by Gasteiger charge is 2.24. The van der Waals surface area contributed by atoms with E-state index in [2.05, 4.69) is 33.0 Å². The minimum absolute atomic E-state index is 0.0530. The zero-order chi connectivity index (χ0) is 24.7. The first kappa shape index (κ1) is 25.3. The molecule has 2 amide bonds. The average molecular weight is 465 g/mol. The molecule has 0 radical (unpaired) electrons. The van der Waals surface area contributed by atoms with Crippen molar-refractivity contribution in [3.63, 3.8) is 0 Å². The molecule has 0 saturated heterocycles. The van der Waals surface area contributed by atoms with Crippen molar-refractivity contribution in [3.8, 4) is 5.69 Å². The molecule has 0 atom stereocenters. The number of aryl methyl sites for hydroxylation is 1. The highest BCUT2D eigenvalue weighted by atomic mass is 16.3. The third-order valence-corrected chi connectivity index (χ3v) is 5.70. The van der Waals surface area contributed by atoms with E-state index in [1.165, 1.54) is 0 Å². The van der Waals surface area contributed by atoms with Crippen LogP contribution in [0.1, 0.15) is 70.4 Å². The molecule has 3 rings (SSSR count). The van der Waals surface area contributed by atoms with E-state index in [0.717, 1.165) is 36.2 Å². The number of nitrogens with one attached hydrogen (secondary N) is 1. The van der Waals surface area contributed by atoms with E-state index in [4.69, 9.17) is 9.52 Å². The summed E-state index contributed by atoms with van der Waals surface area (Å²) in [5.74, 6) is 0.908. The third kappa shape index (κ3) is 6.59. The highest BCUT2D eigenvalue weighted by Crippen LogP contribution is 2.27. The van der Waals surface area contributed by atoms with Gasteiger partial charge >= 0.3 is 0 Å². The van der Waals surface area contributed by atoms with Crippen molar-refractivity contribution in [1.29, 1.82) is 0 Å². The number of furan rings is 1. The molecule has 2 heterocycles. The number of rotatable bonds is 10. The molecule has 0 fully saturated rings. The average Bonchev–Trinajstić information content (AvgIpc) is 3.43. The molecule has 34 heavy (non-hydrogen) atoms. The Balaban J connectivity index is 1.82. The molecule has 3 aromatic rings. The summed E-state index contributed by atoms with van der Waals surface area (Å²) in [4.78, 5) is 27.6. The smallest absolute Gasteiger partial charge is 0.245 e. The molecular weight excluding hydrogens is 428 g/mol. The fraction of sp³-hybridized carbons (Fsp3) is 0.444. The van der Waals surface area contributed by atoms with Crippen molar-refractivity contribution >= 4 is 17.6 Å². The van der Waals surface area contributed by atoms with Crippen LogP contribution in [-0.4, -0.2) is 33.0 Å². The first-order valence-corrected chi connectivity index (χ1v) is 12.0. The van der Waals surface area contributed by atoms with Crippen LogP contribution >= 0.6 is 0 Å². The van der Waals surface area contributed by atoms with Crippen LogP contribution in [0.15, 0.2) is 53.1 Å². The first-order chi connectivity index (χ1) is 16.2. The van der Waals surface area contributed by atoms with E-state index in [9.17, 15) is 9.59 Å². The van der Waals surface area contributed by atoms with Gasteiger partial charge < -0.3 is 14.6 Å². The molecule has 0 bridgehead atoms. The molecule has 0 aliphatic heterocycles. The second-order valence-corrected chi connectivity index (χ2v) is 9.70. The summed E-state index contributed by atoms with van der Waals surface area (Å²) < 4.78 is 7.20. The van der Waals surface area contributed by atoms with Crippen molar-refractivity contribution in [2.45, 2.75) is 72.3 Å². The number of unbranched alkanes of at least 4 members (excludes halogenated alkanes) is 2. The minimum atomic E-state index is -0.273. The molecule has 2 aromatic heterocycles. The van der Waals surface area contributed by atoms with Gasteiger partial charge in [0.25, 0.3) is 0 Å². The lowest BCUT2D eigenvalue weighted by Gasteiger charge is -2.21. The van der Waals surface area contributed by atoms with E-state index < -0.39 is 0 Å². The Kier molecular flexibility index (Phi) is 8.31. The van der Waals surface area contributed by atoms with Crippen molar-refractivity contribution < 1.29 is 14.0 Å². The summed E-state index contributed by atoms with van der Waals surface area (Å²) in [5, 5.41) is 7.79. The molecule has 1 aromatic carbocycles. The van der Waals surface area contributed by atoms with Crippen LogP contribution in [0.25, 0.3) is 5.69 Å². The van der Waals surface area contributed by atoms with Gasteiger partial charge in [-0.2, -0.15) is 5.10 Å². The maximum Gasteiger partial charge on any atom is 0.245 e. The van der Waals surface area contributed by atoms with Gasteiger partial charge in [0.05, 0.1) is 24.2 Å². The van der Waals surface area contributed by atoms with Crippen LogP contribution in [0.2, 0.25) is 0 Å². The molecule has 0 saturated carbocycles. The molecule has 0 aliphatic carbocycles. The second-order valence-electron chi connectivity index (χ2n) is 9.70. The fourth-order valence-corrected chi connectivity index (χ4v) is 3.68. The van der Waals surface area contributed by atoms with Gasteiger partial charge in [0.15, 0.2) is 0 Å². The number of anilines is 1. The predicted molar refractivity (Wildman–Crippen MR) is 134 cm³/mol. The Morgan fingerprint density at radius 2 is 1.88 bits per heavy atom. The molecule has 182 valence electrons. The van der Waals surface area contributed by atoms with E-state index in [1.54, 1.807) is 21.9 Å². The predicted octanol–water partition coefficient (Wildman–Crippen LogP) is 5.62. The van der Waals surface area contributed by atoms with Gasteiger partial charge in [-0.15, -0.1) is 0 Å². The zero-order valence-corrected chi connectivity index (χ0v) is 20.9. The highest BCUT2D eigenvalue weighted by molar-refractivity contribution is 5.94. The van der Waals surface area contributed by atoms with E-state index in [0.29, 0.717) is 18.0 Å². The van der Waals surface area contributed by atoms with Crippen molar-refractivity contribution in [1.82, 2.24) is 14.7 Å². The molecule has 7 heteroatoms. The SMILES string of the molecule is CCCCCC(=O)N(CC(=O)Nc1cc(C(C)(C)C)nn1-c1ccccc1C)Cc1ccco1. The van der Waals surface area contributed by atoms with E-state index in [1.807, 2.05) is 43.3 Å². The van der Waals surface area contributed by atoms with Crippen molar-refractivity contribution in [3.05, 3.63) is 65.7 Å². The van der Waals surface area contributed by atoms with Crippen LogP contribution in [0.5, 0.6) is 0 Å². The molecule has 0 aliphatic rings. The standard InChI is InChI=1S/C27H36N4O3/c1-6-7-8-15-26(33)30(18-21-13-11-16-34-21)19-25(32)28-24-17-23(27(3,4)5)29-31(24)22-14-10-9-12-20(22)2/h9-14,16-17H,6-8,15,18-19H2,1-5H3,(H,28,32). The summed E-state index contributed by atoms with van der Waals surface area (Å²) in [7, 11) is 0. The Bertz CT molecular complexity index is 1090. The number of para-hydroxylation sites is 1. The van der Waals surface area contributed by atoms with Crippen molar-refractivity contribution in [2.75, 3.05) is 11.9 Å². The number of hydrogen-bond donors (Lipinski definition) is 1. The van der Waals surface area contributed by atoms with Crippen LogP contribution in [0.4, 0.5) is 5.82 Å². The van der Waals surface area contributed by atoms with Crippen LogP contribution < -0.4 is 5.32 Å². The third-order valence-electron chi connectivity index (χ3n) is 5.70. The minimum Gasteiger partial charge on any atom is -0.467 e. The van der Waals surface area contributed by atoms with E-state index >= 15 is 0 Å². The first-order valence-electron chi connectivity index (χ1n) is 12.0. The molecular formula is C27H36N4O3. The number of carbonyl (C=O) groups is 2. The van der Waals surface area contributed by atoms with Gasteiger partial charge in [0, 0.05) is 17.9 Å². The lowest BCUT2D eigenvalue weighted by molar-refractivity contribution is -0.135. The van der Waals surface area contributed by atoms with Gasteiger partial charge in [-0.05, 0) is 37.1 Å². The van der Waals surface area contributed by atoms with Crippen LogP contribution in [0.3, 0.4) is 0 Å². The maximum atomic E-state index is 13.1. The largest absolute Gasteiger partial charge is 0.467 e. The molecule has 0 unspecified atom stereocenters. The number of nitrogens with zero attached hydrogens (tertiary/aromatic N) is 3. The maximum absolute atomic E-state index is 13.1. The lowest BCUT2D eigenvalue weighted by Crippen LogP contribution is -2.37. The van der Waals surface area contributed by atoms with Gasteiger partial charge in [-0.1, -0.05) is 58.7 Å². The van der Waals surface area contributed by atoms with Gasteiger partial charge in [0.2, 0.25) is 11.8 Å². The monoisotopic (exact) mass is 464 g/mol. The quantitative estimate of drug-likeness (QED) is 0.395. The Labute approximate surface area is 202 Å². The van der Waals surface area contributed by atoms with Crippen LogP contribution in [0, 0.1) is 6.92 Å². The number of hydrogen-bond acceptors (Lipinski definition) is 4. The summed E-state index contributed by atoms with van der Waals surface area (Å²) in [5.41, 5.74) is 2.63. The fourth-order valence-electron chi connectivity index (χ4n) is 3.68. The Morgan fingerprint density at radius 1 is 1.12 bits per heavy atom. The van der Waals surface area contributed by atoms with Gasteiger partial charge in [-0.25, -0.2) is 4.68 Å². The molecule has 7 nitrogen and oxygen atoms in total. The molecule has 1 N–H and O–H groups in total. The summed E-state index contributed by atoms with van der Waals surface area (Å²) in [6, 6.07) is 13.4. The molecule has 0 spiro atoms. The Hall–Kier alpha value is -3.35. The van der Waals surface area contributed by atoms with Gasteiger partial charge in [-0.3, -0.25) is 9.59 Å². The zero-order valence-electron chi connectivity index (χ0n) is 20.9. The summed E-state index contributed by atoms with van der Waals surface area (Å²) in [6.45, 7) is 10.6. The number of amides is 2. The normalized spacial score (nSPS) is 11.4.